The highest BCUT2D eigenvalue weighted by Gasteiger charge is 2.42. The van der Waals surface area contributed by atoms with Gasteiger partial charge in [0.1, 0.15) is 11.9 Å². The second-order valence-electron chi connectivity index (χ2n) is 7.97. The molecular formula is C25H25N3O3. The molecule has 2 atom stereocenters. The Bertz CT molecular complexity index is 1070. The third-order valence-electron chi connectivity index (χ3n) is 5.90. The van der Waals surface area contributed by atoms with Crippen molar-refractivity contribution in [3.05, 3.63) is 84.1 Å². The van der Waals surface area contributed by atoms with Crippen molar-refractivity contribution in [3.8, 4) is 11.6 Å². The van der Waals surface area contributed by atoms with Gasteiger partial charge in [-0.15, -0.1) is 0 Å². The normalized spacial score (nSPS) is 20.5. The lowest BCUT2D eigenvalue weighted by molar-refractivity contribution is -0.123. The monoisotopic (exact) mass is 415 g/mol. The molecule has 2 aromatic carbocycles. The maximum absolute atomic E-state index is 13.8. The number of carbonyl (C=O) groups is 1. The molecule has 158 valence electrons. The minimum absolute atomic E-state index is 0.0282. The number of rotatable bonds is 5. The summed E-state index contributed by atoms with van der Waals surface area (Å²) in [5.41, 5.74) is 2.79. The lowest BCUT2D eigenvalue weighted by atomic mass is 10.1. The average molecular weight is 415 g/mol. The van der Waals surface area contributed by atoms with E-state index in [9.17, 15) is 4.79 Å². The van der Waals surface area contributed by atoms with Crippen LogP contribution in [-0.4, -0.2) is 41.6 Å². The molecule has 3 aromatic rings. The van der Waals surface area contributed by atoms with Crippen LogP contribution in [0.4, 0.5) is 5.69 Å². The number of hydrogen-bond acceptors (Lipinski definition) is 5. The molecule has 0 N–H and O–H groups in total. The number of pyridine rings is 1. The van der Waals surface area contributed by atoms with Gasteiger partial charge < -0.3 is 14.4 Å². The summed E-state index contributed by atoms with van der Waals surface area (Å²) < 4.78 is 11.6. The standard InChI is InChI=1S/C25H25N3O3/c1-30-24-13-7-10-19(26-24)16-27-17-20-14-22(27)25(29)28(15-18-8-3-2-4-9-18)21-11-5-6-12-23(21)31-20/h2-13,20,22H,14-17H2,1H3. The van der Waals surface area contributed by atoms with E-state index in [0.717, 1.165) is 22.7 Å². The smallest absolute Gasteiger partial charge is 0.244 e. The molecule has 0 radical (unpaired) electrons. The van der Waals surface area contributed by atoms with Gasteiger partial charge in [-0.25, -0.2) is 4.98 Å². The highest BCUT2D eigenvalue weighted by atomic mass is 16.5. The van der Waals surface area contributed by atoms with Crippen LogP contribution in [0.1, 0.15) is 17.7 Å². The second-order valence-corrected chi connectivity index (χ2v) is 7.97. The largest absolute Gasteiger partial charge is 0.487 e. The zero-order valence-corrected chi connectivity index (χ0v) is 17.5. The number of anilines is 1. The minimum Gasteiger partial charge on any atom is -0.487 e. The molecule has 2 bridgehead atoms. The van der Waals surface area contributed by atoms with E-state index in [0.29, 0.717) is 31.9 Å². The van der Waals surface area contributed by atoms with Crippen molar-refractivity contribution in [2.24, 2.45) is 0 Å². The number of fused-ring (bicyclic) bond motifs is 3. The Morgan fingerprint density at radius 1 is 1.00 bits per heavy atom. The fourth-order valence-electron chi connectivity index (χ4n) is 4.43. The van der Waals surface area contributed by atoms with E-state index in [1.54, 1.807) is 7.11 Å². The molecule has 1 fully saturated rings. The number of likely N-dealkylation sites (tertiary alicyclic amines) is 1. The Balaban J connectivity index is 1.47. The lowest BCUT2D eigenvalue weighted by Gasteiger charge is -2.32. The van der Waals surface area contributed by atoms with Gasteiger partial charge in [0, 0.05) is 25.6 Å². The summed E-state index contributed by atoms with van der Waals surface area (Å²) in [6, 6.07) is 23.4. The van der Waals surface area contributed by atoms with E-state index in [-0.39, 0.29) is 18.1 Å². The third-order valence-corrected chi connectivity index (χ3v) is 5.90. The molecule has 6 heteroatoms. The topological polar surface area (TPSA) is 54.9 Å². The van der Waals surface area contributed by atoms with Crippen LogP contribution in [0.2, 0.25) is 0 Å². The first-order chi connectivity index (χ1) is 15.2. The maximum atomic E-state index is 13.8. The number of hydrogen-bond donors (Lipinski definition) is 0. The van der Waals surface area contributed by atoms with Crippen LogP contribution in [0.3, 0.4) is 0 Å². The van der Waals surface area contributed by atoms with Gasteiger partial charge >= 0.3 is 0 Å². The van der Waals surface area contributed by atoms with Gasteiger partial charge in [-0.2, -0.15) is 0 Å². The first kappa shape index (κ1) is 19.6. The molecule has 2 unspecified atom stereocenters. The van der Waals surface area contributed by atoms with Crippen molar-refractivity contribution < 1.29 is 14.3 Å². The number of nitrogens with zero attached hydrogens (tertiary/aromatic N) is 3. The van der Waals surface area contributed by atoms with Crippen molar-refractivity contribution >= 4 is 11.6 Å². The zero-order chi connectivity index (χ0) is 21.2. The van der Waals surface area contributed by atoms with Crippen LogP contribution in [0.5, 0.6) is 11.6 Å². The van der Waals surface area contributed by atoms with Gasteiger partial charge in [-0.3, -0.25) is 9.69 Å². The molecule has 0 aliphatic carbocycles. The fraction of sp³-hybridized carbons (Fsp3) is 0.280. The highest BCUT2D eigenvalue weighted by Crippen LogP contribution is 2.37. The van der Waals surface area contributed by atoms with Gasteiger partial charge in [0.15, 0.2) is 0 Å². The summed E-state index contributed by atoms with van der Waals surface area (Å²) in [5, 5.41) is 0. The molecule has 0 saturated carbocycles. The fourth-order valence-corrected chi connectivity index (χ4v) is 4.43. The first-order valence-electron chi connectivity index (χ1n) is 10.6. The molecule has 1 aromatic heterocycles. The summed E-state index contributed by atoms with van der Waals surface area (Å²) in [4.78, 5) is 22.4. The van der Waals surface area contributed by atoms with Crippen molar-refractivity contribution in [1.82, 2.24) is 9.88 Å². The van der Waals surface area contributed by atoms with E-state index in [4.69, 9.17) is 9.47 Å². The second kappa shape index (κ2) is 8.40. The van der Waals surface area contributed by atoms with Gasteiger partial charge in [0.25, 0.3) is 0 Å². The quantitative estimate of drug-likeness (QED) is 0.637. The molecule has 2 aliphatic heterocycles. The van der Waals surface area contributed by atoms with Crippen LogP contribution in [0, 0.1) is 0 Å². The Labute approximate surface area is 182 Å². The lowest BCUT2D eigenvalue weighted by Crippen LogP contribution is -2.45. The molecule has 3 heterocycles. The minimum atomic E-state index is -0.255. The van der Waals surface area contributed by atoms with Crippen molar-refractivity contribution in [1.29, 1.82) is 0 Å². The zero-order valence-electron chi connectivity index (χ0n) is 17.5. The van der Waals surface area contributed by atoms with Crippen LogP contribution < -0.4 is 14.4 Å². The van der Waals surface area contributed by atoms with Crippen LogP contribution in [0.25, 0.3) is 0 Å². The SMILES string of the molecule is COc1cccc(CN2CC3CC2C(=O)N(Cc2ccccc2)c2ccccc2O3)n1. The molecular weight excluding hydrogens is 390 g/mol. The van der Waals surface area contributed by atoms with Gasteiger partial charge in [-0.05, 0) is 23.8 Å². The average Bonchev–Trinajstić information content (AvgIpc) is 3.21. The Morgan fingerprint density at radius 3 is 2.65 bits per heavy atom. The molecule has 1 amide bonds. The number of methoxy groups -OCH3 is 1. The van der Waals surface area contributed by atoms with Crippen LogP contribution in [0.15, 0.2) is 72.8 Å². The number of para-hydroxylation sites is 2. The summed E-state index contributed by atoms with van der Waals surface area (Å²) in [6.07, 6.45) is 0.641. The Morgan fingerprint density at radius 2 is 1.81 bits per heavy atom. The first-order valence-corrected chi connectivity index (χ1v) is 10.6. The van der Waals surface area contributed by atoms with E-state index < -0.39 is 0 Å². The Hall–Kier alpha value is -3.38. The van der Waals surface area contributed by atoms with Crippen LogP contribution in [-0.2, 0) is 17.9 Å². The Kier molecular flexibility index (Phi) is 5.30. The molecule has 5 rings (SSSR count). The molecule has 6 nitrogen and oxygen atoms in total. The summed E-state index contributed by atoms with van der Waals surface area (Å²) >= 11 is 0. The molecule has 1 saturated heterocycles. The van der Waals surface area contributed by atoms with Gasteiger partial charge in [0.05, 0.1) is 31.1 Å². The maximum Gasteiger partial charge on any atom is 0.244 e. The number of amides is 1. The van der Waals surface area contributed by atoms with E-state index in [1.807, 2.05) is 77.7 Å². The van der Waals surface area contributed by atoms with E-state index in [2.05, 4.69) is 9.88 Å². The van der Waals surface area contributed by atoms with Crippen molar-refractivity contribution in [2.75, 3.05) is 18.6 Å². The molecule has 2 aliphatic rings. The van der Waals surface area contributed by atoms with Gasteiger partial charge in [0.2, 0.25) is 11.8 Å². The van der Waals surface area contributed by atoms with E-state index in [1.165, 1.54) is 0 Å². The predicted molar refractivity (Wildman–Crippen MR) is 118 cm³/mol. The summed E-state index contributed by atoms with van der Waals surface area (Å²) in [6.45, 7) is 1.76. The van der Waals surface area contributed by atoms with Crippen molar-refractivity contribution in [3.63, 3.8) is 0 Å². The predicted octanol–water partition coefficient (Wildman–Crippen LogP) is 3.66. The number of benzene rings is 2. The van der Waals surface area contributed by atoms with Gasteiger partial charge in [-0.1, -0.05) is 48.5 Å². The van der Waals surface area contributed by atoms with Crippen LogP contribution >= 0.6 is 0 Å². The van der Waals surface area contributed by atoms with Crippen molar-refractivity contribution in [2.45, 2.75) is 31.7 Å². The molecule has 0 spiro atoms. The highest BCUT2D eigenvalue weighted by molar-refractivity contribution is 5.99. The number of ether oxygens (including phenoxy) is 2. The summed E-state index contributed by atoms with van der Waals surface area (Å²) in [7, 11) is 1.61. The number of aromatic nitrogens is 1. The summed E-state index contributed by atoms with van der Waals surface area (Å²) in [5.74, 6) is 1.44. The molecule has 31 heavy (non-hydrogen) atoms. The number of carbonyl (C=O) groups excluding carboxylic acids is 1. The third kappa shape index (κ3) is 3.99. The van der Waals surface area contributed by atoms with E-state index >= 15 is 0 Å².